The Hall–Kier alpha value is -2.28. The summed E-state index contributed by atoms with van der Waals surface area (Å²) in [7, 11) is 1.32. The van der Waals surface area contributed by atoms with E-state index in [4.69, 9.17) is 4.74 Å². The Balaban J connectivity index is 1.66. The Morgan fingerprint density at radius 1 is 1.16 bits per heavy atom. The van der Waals surface area contributed by atoms with Crippen LogP contribution in [0.15, 0.2) is 28.7 Å². The van der Waals surface area contributed by atoms with E-state index in [1.165, 1.54) is 35.2 Å². The maximum atomic E-state index is 13.5. The molecular weight excluding hydrogens is 458 g/mol. The number of nitrogens with zero attached hydrogens (tertiary/aromatic N) is 1. The van der Waals surface area contributed by atoms with E-state index in [0.29, 0.717) is 6.54 Å². The van der Waals surface area contributed by atoms with E-state index in [0.717, 1.165) is 36.6 Å². The van der Waals surface area contributed by atoms with Gasteiger partial charge in [-0.1, -0.05) is 41.9 Å². The number of nitrogens with one attached hydrogen (secondary N) is 2. The number of aromatic amines is 1. The lowest BCUT2D eigenvalue weighted by Gasteiger charge is -2.31. The van der Waals surface area contributed by atoms with E-state index in [9.17, 15) is 9.59 Å². The molecule has 2 amide bonds. The van der Waals surface area contributed by atoms with Gasteiger partial charge in [0.2, 0.25) is 5.91 Å². The number of rotatable bonds is 5. The summed E-state index contributed by atoms with van der Waals surface area (Å²) >= 11 is 3.52. The van der Waals surface area contributed by atoms with Gasteiger partial charge in [-0.25, -0.2) is 4.79 Å². The molecule has 7 heteroatoms. The van der Waals surface area contributed by atoms with E-state index >= 15 is 0 Å². The molecule has 0 unspecified atom stereocenters. The number of ether oxygens (including phenoxy) is 1. The molecule has 2 atom stereocenters. The maximum absolute atomic E-state index is 13.5. The summed E-state index contributed by atoms with van der Waals surface area (Å²) in [6.45, 7) is 4.60. The van der Waals surface area contributed by atoms with Crippen LogP contribution >= 0.6 is 15.9 Å². The molecule has 0 bridgehead atoms. The number of carbonyl (C=O) groups excluding carboxylic acids is 2. The number of benzene rings is 1. The van der Waals surface area contributed by atoms with Crippen molar-refractivity contribution >= 4 is 27.9 Å². The van der Waals surface area contributed by atoms with Gasteiger partial charge in [-0.3, -0.25) is 4.79 Å². The SMILES string of the molecule is COC(=O)N[C@H](C(=O)N1CCC[C@H]1c1[nH]c(-c2ccc(Br)cc2)c2c1CCC2)C(C)C. The minimum Gasteiger partial charge on any atom is -0.453 e. The first-order valence-corrected chi connectivity index (χ1v) is 11.8. The minimum atomic E-state index is -0.595. The van der Waals surface area contributed by atoms with Crippen LogP contribution in [0.3, 0.4) is 0 Å². The smallest absolute Gasteiger partial charge is 0.407 e. The van der Waals surface area contributed by atoms with Crippen molar-refractivity contribution in [3.8, 4) is 11.3 Å². The summed E-state index contributed by atoms with van der Waals surface area (Å²) in [5.41, 5.74) is 6.31. The van der Waals surface area contributed by atoms with Crippen LogP contribution < -0.4 is 5.32 Å². The Labute approximate surface area is 191 Å². The number of fused-ring (bicyclic) bond motifs is 1. The predicted octanol–water partition coefficient (Wildman–Crippen LogP) is 4.98. The fourth-order valence-corrected chi connectivity index (χ4v) is 5.22. The van der Waals surface area contributed by atoms with Crippen molar-refractivity contribution in [3.05, 3.63) is 45.6 Å². The van der Waals surface area contributed by atoms with Crippen LogP contribution in [-0.2, 0) is 22.4 Å². The number of hydrogen-bond donors (Lipinski definition) is 2. The van der Waals surface area contributed by atoms with E-state index in [2.05, 4.69) is 50.5 Å². The van der Waals surface area contributed by atoms with Crippen LogP contribution in [0.5, 0.6) is 0 Å². The van der Waals surface area contributed by atoms with Crippen molar-refractivity contribution in [1.29, 1.82) is 0 Å². The first-order valence-electron chi connectivity index (χ1n) is 11.0. The van der Waals surface area contributed by atoms with Crippen molar-refractivity contribution in [2.75, 3.05) is 13.7 Å². The van der Waals surface area contributed by atoms with Crippen LogP contribution in [-0.4, -0.2) is 41.6 Å². The van der Waals surface area contributed by atoms with E-state index in [-0.39, 0.29) is 17.9 Å². The summed E-state index contributed by atoms with van der Waals surface area (Å²) in [6.07, 6.45) is 4.58. The molecule has 2 aromatic rings. The van der Waals surface area contributed by atoms with Gasteiger partial charge < -0.3 is 19.9 Å². The van der Waals surface area contributed by atoms with Crippen molar-refractivity contribution in [2.24, 2.45) is 5.92 Å². The van der Waals surface area contributed by atoms with Gasteiger partial charge in [0.1, 0.15) is 6.04 Å². The van der Waals surface area contributed by atoms with Crippen LogP contribution in [0.2, 0.25) is 0 Å². The molecule has 2 heterocycles. The van der Waals surface area contributed by atoms with Crippen molar-refractivity contribution in [2.45, 2.75) is 58.0 Å². The molecule has 1 aromatic carbocycles. The van der Waals surface area contributed by atoms with E-state index in [1.54, 1.807) is 0 Å². The largest absolute Gasteiger partial charge is 0.453 e. The van der Waals surface area contributed by atoms with E-state index < -0.39 is 12.1 Å². The Kier molecular flexibility index (Phi) is 6.42. The van der Waals surface area contributed by atoms with Crippen LogP contribution in [0.25, 0.3) is 11.3 Å². The molecule has 1 aromatic heterocycles. The molecule has 1 saturated heterocycles. The number of carbonyl (C=O) groups is 2. The number of methoxy groups -OCH3 is 1. The molecule has 166 valence electrons. The molecule has 6 nitrogen and oxygen atoms in total. The number of halogens is 1. The van der Waals surface area contributed by atoms with Gasteiger partial charge >= 0.3 is 6.09 Å². The highest BCUT2D eigenvalue weighted by Crippen LogP contribution is 2.42. The molecule has 0 spiro atoms. The Morgan fingerprint density at radius 3 is 2.55 bits per heavy atom. The summed E-state index contributed by atoms with van der Waals surface area (Å²) in [5.74, 6) is -0.0602. The van der Waals surface area contributed by atoms with Crippen molar-refractivity contribution < 1.29 is 14.3 Å². The van der Waals surface area contributed by atoms with Gasteiger partial charge in [-0.15, -0.1) is 0 Å². The molecule has 0 radical (unpaired) electrons. The molecule has 2 N–H and O–H groups in total. The fourth-order valence-electron chi connectivity index (χ4n) is 4.96. The van der Waals surface area contributed by atoms with Gasteiger partial charge in [-0.05, 0) is 66.8 Å². The molecule has 1 aliphatic heterocycles. The van der Waals surface area contributed by atoms with Gasteiger partial charge in [-0.2, -0.15) is 0 Å². The number of hydrogen-bond acceptors (Lipinski definition) is 3. The molecule has 1 aliphatic carbocycles. The second-order valence-electron chi connectivity index (χ2n) is 8.78. The molecule has 4 rings (SSSR count). The molecule has 0 saturated carbocycles. The first-order chi connectivity index (χ1) is 14.9. The molecular formula is C24H30BrN3O3. The Bertz CT molecular complexity index is 967. The lowest BCUT2D eigenvalue weighted by molar-refractivity contribution is -0.135. The average Bonchev–Trinajstić information content (AvgIpc) is 3.48. The number of H-pyrrole nitrogens is 1. The summed E-state index contributed by atoms with van der Waals surface area (Å²) < 4.78 is 5.81. The van der Waals surface area contributed by atoms with Crippen LogP contribution in [0.1, 0.15) is 56.0 Å². The topological polar surface area (TPSA) is 74.4 Å². The number of aromatic nitrogens is 1. The third kappa shape index (κ3) is 4.25. The molecule has 31 heavy (non-hydrogen) atoms. The fraction of sp³-hybridized carbons (Fsp3) is 0.500. The Morgan fingerprint density at radius 2 is 1.87 bits per heavy atom. The maximum Gasteiger partial charge on any atom is 0.407 e. The van der Waals surface area contributed by atoms with E-state index in [1.807, 2.05) is 18.7 Å². The predicted molar refractivity (Wildman–Crippen MR) is 124 cm³/mol. The summed E-state index contributed by atoms with van der Waals surface area (Å²) in [4.78, 5) is 31.0. The van der Waals surface area contributed by atoms with Gasteiger partial charge in [0.25, 0.3) is 0 Å². The highest BCUT2D eigenvalue weighted by molar-refractivity contribution is 9.10. The standard InChI is InChI=1S/C24H30BrN3O3/c1-14(2)20(27-24(30)31-3)23(29)28-13-5-8-19(28)22-18-7-4-6-17(18)21(26-22)15-9-11-16(25)12-10-15/h9-12,14,19-20,26H,4-8,13H2,1-3H3,(H,27,30)/t19-,20-/m0/s1. The first kappa shape index (κ1) is 21.9. The number of likely N-dealkylation sites (tertiary alicyclic amines) is 1. The lowest BCUT2D eigenvalue weighted by Crippen LogP contribution is -2.51. The van der Waals surface area contributed by atoms with Gasteiger partial charge in [0.15, 0.2) is 0 Å². The highest BCUT2D eigenvalue weighted by atomic mass is 79.9. The zero-order valence-corrected chi connectivity index (χ0v) is 19.9. The zero-order chi connectivity index (χ0) is 22.1. The third-order valence-corrected chi connectivity index (χ3v) is 7.03. The normalized spacial score (nSPS) is 18.9. The third-order valence-electron chi connectivity index (χ3n) is 6.50. The van der Waals surface area contributed by atoms with Gasteiger partial charge in [0.05, 0.1) is 13.2 Å². The summed E-state index contributed by atoms with van der Waals surface area (Å²) in [5, 5.41) is 2.74. The summed E-state index contributed by atoms with van der Waals surface area (Å²) in [6, 6.07) is 7.81. The lowest BCUT2D eigenvalue weighted by atomic mass is 10.0. The van der Waals surface area contributed by atoms with Crippen molar-refractivity contribution in [1.82, 2.24) is 15.2 Å². The zero-order valence-electron chi connectivity index (χ0n) is 18.3. The van der Waals surface area contributed by atoms with Crippen LogP contribution in [0.4, 0.5) is 4.79 Å². The average molecular weight is 488 g/mol. The second-order valence-corrected chi connectivity index (χ2v) is 9.69. The quantitative estimate of drug-likeness (QED) is 0.624. The second kappa shape index (κ2) is 9.07. The number of amides is 2. The van der Waals surface area contributed by atoms with Crippen molar-refractivity contribution in [3.63, 3.8) is 0 Å². The molecule has 1 fully saturated rings. The highest BCUT2D eigenvalue weighted by Gasteiger charge is 2.39. The monoisotopic (exact) mass is 487 g/mol. The van der Waals surface area contributed by atoms with Gasteiger partial charge in [0, 0.05) is 22.4 Å². The molecule has 2 aliphatic rings. The number of alkyl carbamates (subject to hydrolysis) is 1. The minimum absolute atomic E-state index is 0.0178. The van der Waals surface area contributed by atoms with Crippen LogP contribution in [0, 0.1) is 5.92 Å².